The second kappa shape index (κ2) is 10.4. The van der Waals surface area contributed by atoms with Gasteiger partial charge in [-0.3, -0.25) is 9.28 Å². The summed E-state index contributed by atoms with van der Waals surface area (Å²) in [7, 11) is 2.18. The molecule has 176 valence electrons. The number of nitrogens with zero attached hydrogens (tertiary/aromatic N) is 3. The highest BCUT2D eigenvalue weighted by atomic mass is 32.1. The Bertz CT molecular complexity index is 761. The molecule has 0 N–H and O–H groups in total. The van der Waals surface area contributed by atoms with Gasteiger partial charge >= 0.3 is 5.97 Å². The Hall–Kier alpha value is -1.47. The van der Waals surface area contributed by atoms with Gasteiger partial charge in [0, 0.05) is 12.0 Å². The highest BCUT2D eigenvalue weighted by molar-refractivity contribution is 6.99. The summed E-state index contributed by atoms with van der Waals surface area (Å²) in [6.45, 7) is 16.7. The molecule has 2 atom stereocenters. The van der Waals surface area contributed by atoms with Gasteiger partial charge in [-0.05, 0) is 27.2 Å². The molecular formula is C24H42N3O3S+. The van der Waals surface area contributed by atoms with Crippen LogP contribution < -0.4 is 4.74 Å². The summed E-state index contributed by atoms with van der Waals surface area (Å²) < 4.78 is 21.7. The first kappa shape index (κ1) is 25.8. The minimum Gasteiger partial charge on any atom is -0.475 e. The number of carbonyl (C=O) groups excluding carboxylic acids is 1. The van der Waals surface area contributed by atoms with E-state index in [-0.39, 0.29) is 17.6 Å². The quantitative estimate of drug-likeness (QED) is 0.273. The Kier molecular flexibility index (Phi) is 8.68. The SMILES string of the molecule is CCCCCCOc1nsnc1C1=CCC[N+](C)(C(OC(=O)C(C)(C)C)C(C)(C)C)C1. The van der Waals surface area contributed by atoms with Crippen LogP contribution in [-0.4, -0.2) is 52.2 Å². The van der Waals surface area contributed by atoms with Crippen LogP contribution in [0.2, 0.25) is 0 Å². The van der Waals surface area contributed by atoms with Crippen LogP contribution in [-0.2, 0) is 9.53 Å². The molecule has 1 aliphatic heterocycles. The number of quaternary nitrogens is 1. The van der Waals surface area contributed by atoms with E-state index in [1.165, 1.54) is 31.0 Å². The van der Waals surface area contributed by atoms with E-state index in [1.807, 2.05) is 20.8 Å². The predicted molar refractivity (Wildman–Crippen MR) is 127 cm³/mol. The van der Waals surface area contributed by atoms with Crippen LogP contribution in [0, 0.1) is 10.8 Å². The predicted octanol–water partition coefficient (Wildman–Crippen LogP) is 5.69. The zero-order valence-corrected chi connectivity index (χ0v) is 21.6. The topological polar surface area (TPSA) is 61.3 Å². The van der Waals surface area contributed by atoms with Gasteiger partial charge in [0.1, 0.15) is 12.2 Å². The van der Waals surface area contributed by atoms with Crippen molar-refractivity contribution in [2.24, 2.45) is 10.8 Å². The molecular weight excluding hydrogens is 410 g/mol. The zero-order chi connectivity index (χ0) is 23.3. The highest BCUT2D eigenvalue weighted by Gasteiger charge is 2.47. The fraction of sp³-hybridized carbons (Fsp3) is 0.792. The third kappa shape index (κ3) is 7.01. The Morgan fingerprint density at radius 3 is 2.48 bits per heavy atom. The average molecular weight is 453 g/mol. The number of likely N-dealkylation sites (N-methyl/N-ethyl adjacent to an activating group) is 1. The monoisotopic (exact) mass is 452 g/mol. The summed E-state index contributed by atoms with van der Waals surface area (Å²) in [6.07, 6.45) is 7.54. The van der Waals surface area contributed by atoms with Gasteiger partial charge in [-0.25, -0.2) is 0 Å². The number of carbonyl (C=O) groups is 1. The van der Waals surface area contributed by atoms with Crippen molar-refractivity contribution in [1.82, 2.24) is 8.75 Å². The molecule has 0 aromatic carbocycles. The summed E-state index contributed by atoms with van der Waals surface area (Å²) in [5, 5.41) is 0. The molecule has 31 heavy (non-hydrogen) atoms. The van der Waals surface area contributed by atoms with E-state index < -0.39 is 5.41 Å². The normalized spacial score (nSPS) is 20.8. The summed E-state index contributed by atoms with van der Waals surface area (Å²) in [4.78, 5) is 12.8. The van der Waals surface area contributed by atoms with Gasteiger partial charge in [-0.2, -0.15) is 4.37 Å². The fourth-order valence-corrected chi connectivity index (χ4v) is 4.66. The minimum atomic E-state index is -0.533. The Labute approximate surface area is 192 Å². The molecule has 0 amide bonds. The molecule has 0 saturated heterocycles. The van der Waals surface area contributed by atoms with Crippen molar-refractivity contribution in [3.63, 3.8) is 0 Å². The lowest BCUT2D eigenvalue weighted by Gasteiger charge is -2.48. The van der Waals surface area contributed by atoms with Crippen molar-refractivity contribution in [3.8, 4) is 5.88 Å². The lowest BCUT2D eigenvalue weighted by atomic mass is 9.89. The van der Waals surface area contributed by atoms with Gasteiger partial charge < -0.3 is 9.47 Å². The molecule has 2 heterocycles. The van der Waals surface area contributed by atoms with E-state index in [4.69, 9.17) is 9.47 Å². The number of esters is 1. The number of unbranched alkanes of at least 4 members (excludes halogenated alkanes) is 3. The van der Waals surface area contributed by atoms with Crippen molar-refractivity contribution in [3.05, 3.63) is 11.8 Å². The first-order chi connectivity index (χ1) is 14.4. The van der Waals surface area contributed by atoms with Crippen molar-refractivity contribution in [2.75, 3.05) is 26.7 Å². The third-order valence-corrected chi connectivity index (χ3v) is 6.21. The van der Waals surface area contributed by atoms with Gasteiger partial charge in [0.15, 0.2) is 0 Å². The fourth-order valence-electron chi connectivity index (χ4n) is 4.12. The van der Waals surface area contributed by atoms with E-state index in [0.717, 1.165) is 37.2 Å². The second-order valence-electron chi connectivity index (χ2n) is 11.1. The average Bonchev–Trinajstić information content (AvgIpc) is 3.12. The first-order valence-corrected chi connectivity index (χ1v) is 12.3. The van der Waals surface area contributed by atoms with Crippen LogP contribution in [0.5, 0.6) is 5.88 Å². The zero-order valence-electron chi connectivity index (χ0n) is 20.8. The number of ether oxygens (including phenoxy) is 2. The smallest absolute Gasteiger partial charge is 0.315 e. The largest absolute Gasteiger partial charge is 0.475 e. The number of hydrogen-bond acceptors (Lipinski definition) is 6. The van der Waals surface area contributed by atoms with Crippen molar-refractivity contribution < 1.29 is 18.8 Å². The number of hydrogen-bond donors (Lipinski definition) is 0. The first-order valence-electron chi connectivity index (χ1n) is 11.6. The molecule has 2 rings (SSSR count). The molecule has 1 aliphatic rings. The summed E-state index contributed by atoms with van der Waals surface area (Å²) in [6, 6.07) is 0. The van der Waals surface area contributed by atoms with Crippen molar-refractivity contribution >= 4 is 23.3 Å². The Morgan fingerprint density at radius 1 is 1.16 bits per heavy atom. The Morgan fingerprint density at radius 2 is 1.87 bits per heavy atom. The molecule has 1 aromatic heterocycles. The molecule has 0 spiro atoms. The van der Waals surface area contributed by atoms with Crippen molar-refractivity contribution in [2.45, 2.75) is 86.8 Å². The maximum Gasteiger partial charge on any atom is 0.315 e. The molecule has 0 radical (unpaired) electrons. The second-order valence-corrected chi connectivity index (χ2v) is 11.6. The summed E-state index contributed by atoms with van der Waals surface area (Å²) >= 11 is 1.20. The van der Waals surface area contributed by atoms with Gasteiger partial charge in [-0.15, -0.1) is 4.37 Å². The minimum absolute atomic E-state index is 0.158. The maximum atomic E-state index is 12.8. The van der Waals surface area contributed by atoms with Gasteiger partial charge in [-0.1, -0.05) is 53.0 Å². The molecule has 0 bridgehead atoms. The van der Waals surface area contributed by atoms with E-state index >= 15 is 0 Å². The maximum absolute atomic E-state index is 12.8. The molecule has 0 saturated carbocycles. The van der Waals surface area contributed by atoms with Gasteiger partial charge in [0.05, 0.1) is 42.8 Å². The lowest BCUT2D eigenvalue weighted by molar-refractivity contribution is -0.954. The van der Waals surface area contributed by atoms with Crippen LogP contribution >= 0.6 is 11.7 Å². The lowest BCUT2D eigenvalue weighted by Crippen LogP contribution is -2.61. The number of aromatic nitrogens is 2. The molecule has 2 unspecified atom stereocenters. The van der Waals surface area contributed by atoms with Gasteiger partial charge in [0.25, 0.3) is 5.88 Å². The standard InChI is InChI=1S/C24H42N3O3S/c1-9-10-11-12-16-29-20-19(25-31-26-20)18-14-13-15-27(8,17-18)21(23(2,3)4)30-22(28)24(5,6)7/h14,21H,9-13,15-17H2,1-8H3/q+1. The summed E-state index contributed by atoms with van der Waals surface area (Å²) in [5.74, 6) is 0.481. The van der Waals surface area contributed by atoms with Crippen LogP contribution in [0.1, 0.15) is 86.3 Å². The van der Waals surface area contributed by atoms with E-state index in [1.54, 1.807) is 0 Å². The van der Waals surface area contributed by atoms with Crippen LogP contribution in [0.4, 0.5) is 0 Å². The third-order valence-electron chi connectivity index (χ3n) is 5.70. The molecule has 0 aliphatic carbocycles. The van der Waals surface area contributed by atoms with E-state index in [9.17, 15) is 4.79 Å². The Balaban J connectivity index is 2.18. The van der Waals surface area contributed by atoms with E-state index in [2.05, 4.69) is 49.6 Å². The number of rotatable bonds is 9. The molecule has 6 nitrogen and oxygen atoms in total. The van der Waals surface area contributed by atoms with Crippen LogP contribution in [0.3, 0.4) is 0 Å². The van der Waals surface area contributed by atoms with Crippen LogP contribution in [0.15, 0.2) is 6.08 Å². The van der Waals surface area contributed by atoms with Gasteiger partial charge in [0.2, 0.25) is 6.23 Å². The molecule has 0 fully saturated rings. The molecule has 1 aromatic rings. The van der Waals surface area contributed by atoms with E-state index in [0.29, 0.717) is 17.0 Å². The molecule has 7 heteroatoms. The van der Waals surface area contributed by atoms with Crippen molar-refractivity contribution in [1.29, 1.82) is 0 Å². The highest BCUT2D eigenvalue weighted by Crippen LogP contribution is 2.37. The summed E-state index contributed by atoms with van der Waals surface area (Å²) in [5.41, 5.74) is 1.25. The van der Waals surface area contributed by atoms with Crippen LogP contribution in [0.25, 0.3) is 5.57 Å².